The molecule has 25 heavy (non-hydrogen) atoms. The van der Waals surface area contributed by atoms with Crippen LogP contribution in [0.15, 0.2) is 60.9 Å². The molecule has 0 aliphatic rings. The summed E-state index contributed by atoms with van der Waals surface area (Å²) in [6.45, 7) is 1.23. The van der Waals surface area contributed by atoms with Crippen LogP contribution in [0, 0.1) is 0 Å². The number of amides is 1. The van der Waals surface area contributed by atoms with Crippen molar-refractivity contribution >= 4 is 27.7 Å². The molecule has 1 amide bonds. The molecule has 4 rings (SSSR count). The molecule has 0 spiro atoms. The van der Waals surface area contributed by atoms with E-state index in [9.17, 15) is 4.79 Å². The van der Waals surface area contributed by atoms with Crippen molar-refractivity contribution in [3.8, 4) is 0 Å². The van der Waals surface area contributed by atoms with Crippen molar-refractivity contribution in [3.63, 3.8) is 0 Å². The maximum atomic E-state index is 12.1. The van der Waals surface area contributed by atoms with Crippen LogP contribution in [0.3, 0.4) is 0 Å². The Morgan fingerprint density at radius 3 is 2.92 bits per heavy atom. The number of nitrogens with zero attached hydrogens (tertiary/aromatic N) is 2. The molecule has 5 heteroatoms. The van der Waals surface area contributed by atoms with E-state index in [0.717, 1.165) is 22.8 Å². The molecular weight excluding hydrogens is 312 g/mol. The Labute approximate surface area is 145 Å². The first-order valence-electron chi connectivity index (χ1n) is 8.53. The Balaban J connectivity index is 1.29. The molecule has 0 aliphatic carbocycles. The summed E-state index contributed by atoms with van der Waals surface area (Å²) >= 11 is 0. The molecule has 2 heterocycles. The Morgan fingerprint density at radius 2 is 1.96 bits per heavy atom. The summed E-state index contributed by atoms with van der Waals surface area (Å²) in [4.78, 5) is 15.4. The van der Waals surface area contributed by atoms with E-state index in [4.69, 9.17) is 0 Å². The van der Waals surface area contributed by atoms with Crippen molar-refractivity contribution in [2.45, 2.75) is 19.4 Å². The molecule has 0 atom stereocenters. The van der Waals surface area contributed by atoms with Crippen LogP contribution in [0.25, 0.3) is 21.8 Å². The quantitative estimate of drug-likeness (QED) is 0.569. The molecule has 0 unspecified atom stereocenters. The van der Waals surface area contributed by atoms with Gasteiger partial charge in [-0.1, -0.05) is 36.4 Å². The average molecular weight is 332 g/mol. The van der Waals surface area contributed by atoms with Crippen LogP contribution in [-0.4, -0.2) is 27.2 Å². The first kappa shape index (κ1) is 15.4. The van der Waals surface area contributed by atoms with Crippen molar-refractivity contribution < 1.29 is 4.79 Å². The molecule has 5 nitrogen and oxygen atoms in total. The monoisotopic (exact) mass is 332 g/mol. The number of benzene rings is 2. The number of hydrogen-bond donors (Lipinski definition) is 2. The summed E-state index contributed by atoms with van der Waals surface area (Å²) in [5.41, 5.74) is 3.43. The molecule has 2 N–H and O–H groups in total. The number of hydrogen-bond acceptors (Lipinski definition) is 2. The highest BCUT2D eigenvalue weighted by Gasteiger charge is 2.07. The van der Waals surface area contributed by atoms with E-state index in [-0.39, 0.29) is 5.91 Å². The van der Waals surface area contributed by atoms with Crippen LogP contribution in [0.1, 0.15) is 12.0 Å². The lowest BCUT2D eigenvalue weighted by Gasteiger charge is -2.06. The van der Waals surface area contributed by atoms with Crippen molar-refractivity contribution in [1.29, 1.82) is 0 Å². The van der Waals surface area contributed by atoms with Gasteiger partial charge in [-0.2, -0.15) is 5.10 Å². The fourth-order valence-electron chi connectivity index (χ4n) is 3.17. The van der Waals surface area contributed by atoms with Crippen LogP contribution in [0.2, 0.25) is 0 Å². The van der Waals surface area contributed by atoms with Gasteiger partial charge in [0.1, 0.15) is 0 Å². The molecular formula is C20H20N4O. The molecule has 0 aliphatic heterocycles. The molecule has 0 saturated carbocycles. The fraction of sp³-hybridized carbons (Fsp3) is 0.200. The van der Waals surface area contributed by atoms with E-state index >= 15 is 0 Å². The van der Waals surface area contributed by atoms with Gasteiger partial charge in [-0.25, -0.2) is 0 Å². The van der Waals surface area contributed by atoms with Gasteiger partial charge in [0.05, 0.1) is 18.3 Å². The third kappa shape index (κ3) is 3.26. The van der Waals surface area contributed by atoms with Gasteiger partial charge in [-0.3, -0.25) is 9.48 Å². The van der Waals surface area contributed by atoms with Crippen molar-refractivity contribution in [3.05, 3.63) is 66.5 Å². The first-order valence-corrected chi connectivity index (χ1v) is 8.53. The molecule has 126 valence electrons. The lowest BCUT2D eigenvalue weighted by molar-refractivity contribution is -0.121. The van der Waals surface area contributed by atoms with E-state index < -0.39 is 0 Å². The van der Waals surface area contributed by atoms with E-state index in [2.05, 4.69) is 27.5 Å². The zero-order chi connectivity index (χ0) is 17.1. The number of H-pyrrole nitrogens is 1. The van der Waals surface area contributed by atoms with Gasteiger partial charge in [-0.05, 0) is 24.1 Å². The van der Waals surface area contributed by atoms with Gasteiger partial charge in [0.15, 0.2) is 0 Å². The number of para-hydroxylation sites is 2. The van der Waals surface area contributed by atoms with Gasteiger partial charge in [0.25, 0.3) is 0 Å². The second-order valence-electron chi connectivity index (χ2n) is 6.14. The highest BCUT2D eigenvalue weighted by molar-refractivity contribution is 5.83. The molecule has 2 aromatic carbocycles. The Bertz CT molecular complexity index is 1010. The number of aromatic amines is 1. The second kappa shape index (κ2) is 6.81. The van der Waals surface area contributed by atoms with E-state index in [1.165, 1.54) is 10.9 Å². The van der Waals surface area contributed by atoms with Crippen LogP contribution in [0.4, 0.5) is 0 Å². The third-order valence-corrected chi connectivity index (χ3v) is 4.49. The van der Waals surface area contributed by atoms with E-state index in [1.54, 1.807) is 0 Å². The minimum atomic E-state index is 0.0550. The summed E-state index contributed by atoms with van der Waals surface area (Å²) in [6, 6.07) is 16.2. The Kier molecular flexibility index (Phi) is 4.21. The maximum Gasteiger partial charge on any atom is 0.221 e. The van der Waals surface area contributed by atoms with E-state index in [1.807, 2.05) is 53.5 Å². The second-order valence-corrected chi connectivity index (χ2v) is 6.14. The number of fused-ring (bicyclic) bond motifs is 2. The van der Waals surface area contributed by atoms with Crippen molar-refractivity contribution in [1.82, 2.24) is 20.1 Å². The molecule has 4 aromatic rings. The summed E-state index contributed by atoms with van der Waals surface area (Å²) < 4.78 is 1.88. The van der Waals surface area contributed by atoms with Crippen LogP contribution >= 0.6 is 0 Å². The zero-order valence-corrected chi connectivity index (χ0v) is 13.9. The highest BCUT2D eigenvalue weighted by Crippen LogP contribution is 2.17. The van der Waals surface area contributed by atoms with Gasteiger partial charge < -0.3 is 10.3 Å². The SMILES string of the molecule is O=C(CCn1ncc2ccccc21)NCCc1c[nH]c2ccccc12. The first-order chi connectivity index (χ1) is 12.3. The number of aryl methyl sites for hydroxylation is 1. The highest BCUT2D eigenvalue weighted by atomic mass is 16.1. The summed E-state index contributed by atoms with van der Waals surface area (Å²) in [5, 5.41) is 9.68. The standard InChI is InChI=1S/C20H20N4O/c25-20(10-12-24-19-8-4-1-5-16(19)14-23-24)21-11-9-15-13-22-18-7-3-2-6-17(15)18/h1-8,13-14,22H,9-12H2,(H,21,25). The molecule has 0 radical (unpaired) electrons. The summed E-state index contributed by atoms with van der Waals surface area (Å²) in [6.07, 6.45) is 5.11. The topological polar surface area (TPSA) is 62.7 Å². The number of nitrogens with one attached hydrogen (secondary N) is 2. The summed E-state index contributed by atoms with van der Waals surface area (Å²) in [7, 11) is 0. The van der Waals surface area contributed by atoms with Crippen LogP contribution in [-0.2, 0) is 17.8 Å². The van der Waals surface area contributed by atoms with Crippen LogP contribution < -0.4 is 5.32 Å². The third-order valence-electron chi connectivity index (χ3n) is 4.49. The summed E-state index contributed by atoms with van der Waals surface area (Å²) in [5.74, 6) is 0.0550. The lowest BCUT2D eigenvalue weighted by atomic mass is 10.1. The predicted molar refractivity (Wildman–Crippen MR) is 99.4 cm³/mol. The molecule has 0 bridgehead atoms. The number of rotatable bonds is 6. The van der Waals surface area contributed by atoms with Crippen LogP contribution in [0.5, 0.6) is 0 Å². The van der Waals surface area contributed by atoms with Crippen molar-refractivity contribution in [2.75, 3.05) is 6.54 Å². The molecule has 0 fully saturated rings. The van der Waals surface area contributed by atoms with E-state index in [0.29, 0.717) is 19.5 Å². The minimum Gasteiger partial charge on any atom is -0.361 e. The normalized spacial score (nSPS) is 11.2. The number of carbonyl (C=O) groups is 1. The van der Waals surface area contributed by atoms with Gasteiger partial charge >= 0.3 is 0 Å². The average Bonchev–Trinajstić information content (AvgIpc) is 3.24. The Hall–Kier alpha value is -3.08. The van der Waals surface area contributed by atoms with Crippen molar-refractivity contribution in [2.24, 2.45) is 0 Å². The maximum absolute atomic E-state index is 12.1. The lowest BCUT2D eigenvalue weighted by Crippen LogP contribution is -2.26. The number of carbonyl (C=O) groups excluding carboxylic acids is 1. The fourth-order valence-corrected chi connectivity index (χ4v) is 3.17. The van der Waals surface area contributed by atoms with Gasteiger partial charge in [0, 0.05) is 35.5 Å². The smallest absolute Gasteiger partial charge is 0.221 e. The minimum absolute atomic E-state index is 0.0550. The van der Waals surface area contributed by atoms with Gasteiger partial charge in [-0.15, -0.1) is 0 Å². The molecule has 2 aromatic heterocycles. The number of aromatic nitrogens is 3. The molecule has 0 saturated heterocycles. The zero-order valence-electron chi connectivity index (χ0n) is 13.9. The predicted octanol–water partition coefficient (Wildman–Crippen LogP) is 3.27. The largest absolute Gasteiger partial charge is 0.361 e. The Morgan fingerprint density at radius 1 is 1.12 bits per heavy atom. The van der Waals surface area contributed by atoms with Gasteiger partial charge in [0.2, 0.25) is 5.91 Å².